The summed E-state index contributed by atoms with van der Waals surface area (Å²) in [7, 11) is 0. The summed E-state index contributed by atoms with van der Waals surface area (Å²) >= 11 is 1.73. The van der Waals surface area contributed by atoms with Crippen LogP contribution in [0.25, 0.3) is 10.2 Å². The molecule has 1 aromatic carbocycles. The van der Waals surface area contributed by atoms with Crippen molar-refractivity contribution >= 4 is 26.7 Å². The molecule has 96 valence electrons. The van der Waals surface area contributed by atoms with Crippen molar-refractivity contribution in [1.82, 2.24) is 4.98 Å². The molecule has 1 atom stereocenters. The highest BCUT2D eigenvalue weighted by molar-refractivity contribution is 7.22. The van der Waals surface area contributed by atoms with Gasteiger partial charge in [0, 0.05) is 13.2 Å². The summed E-state index contributed by atoms with van der Waals surface area (Å²) in [6.45, 7) is 3.96. The maximum Gasteiger partial charge on any atom is 0.183 e. The first-order chi connectivity index (χ1) is 8.85. The van der Waals surface area contributed by atoms with Crippen LogP contribution in [0.5, 0.6) is 0 Å². The number of rotatable bonds is 4. The van der Waals surface area contributed by atoms with E-state index in [-0.39, 0.29) is 0 Å². The monoisotopic (exact) mass is 262 g/mol. The van der Waals surface area contributed by atoms with Crippen molar-refractivity contribution in [1.29, 1.82) is 0 Å². The van der Waals surface area contributed by atoms with E-state index in [2.05, 4.69) is 35.4 Å². The minimum Gasteiger partial charge on any atom is -0.376 e. The molecular weight excluding hydrogens is 244 g/mol. The van der Waals surface area contributed by atoms with Gasteiger partial charge in [-0.25, -0.2) is 4.98 Å². The Hall–Kier alpha value is -1.13. The molecule has 3 rings (SSSR count). The van der Waals surface area contributed by atoms with Crippen LogP contribution in [0.3, 0.4) is 0 Å². The van der Waals surface area contributed by atoms with E-state index >= 15 is 0 Å². The van der Waals surface area contributed by atoms with E-state index < -0.39 is 0 Å². The molecule has 0 radical (unpaired) electrons. The summed E-state index contributed by atoms with van der Waals surface area (Å²) in [4.78, 5) is 4.60. The van der Waals surface area contributed by atoms with Crippen molar-refractivity contribution in [3.05, 3.63) is 23.8 Å². The van der Waals surface area contributed by atoms with Gasteiger partial charge in [-0.05, 0) is 37.0 Å². The fourth-order valence-corrected chi connectivity index (χ4v) is 3.21. The molecule has 1 fully saturated rings. The number of hydrogen-bond acceptors (Lipinski definition) is 4. The fourth-order valence-electron chi connectivity index (χ4n) is 2.27. The molecule has 3 nitrogen and oxygen atoms in total. The van der Waals surface area contributed by atoms with Crippen LogP contribution in [-0.2, 0) is 11.2 Å². The number of ether oxygens (including phenoxy) is 1. The number of hydrogen-bond donors (Lipinski definition) is 1. The molecule has 1 unspecified atom stereocenters. The molecule has 0 spiro atoms. The Bertz CT molecular complexity index is 532. The van der Waals surface area contributed by atoms with Gasteiger partial charge in [-0.2, -0.15) is 0 Å². The SMILES string of the molecule is CCc1ccc2nc(NCC3CCCO3)sc2c1. The molecule has 1 saturated heterocycles. The van der Waals surface area contributed by atoms with Crippen LogP contribution in [0.2, 0.25) is 0 Å². The van der Waals surface area contributed by atoms with Gasteiger partial charge in [0.05, 0.1) is 16.3 Å². The Morgan fingerprint density at radius 3 is 3.22 bits per heavy atom. The maximum atomic E-state index is 5.60. The number of nitrogens with zero attached hydrogens (tertiary/aromatic N) is 1. The number of fused-ring (bicyclic) bond motifs is 1. The molecule has 1 aliphatic heterocycles. The molecule has 1 aliphatic rings. The van der Waals surface area contributed by atoms with Crippen molar-refractivity contribution in [3.8, 4) is 0 Å². The van der Waals surface area contributed by atoms with E-state index in [1.165, 1.54) is 16.7 Å². The second-order valence-electron chi connectivity index (χ2n) is 4.69. The lowest BCUT2D eigenvalue weighted by Gasteiger charge is -2.08. The van der Waals surface area contributed by atoms with E-state index in [0.29, 0.717) is 6.10 Å². The van der Waals surface area contributed by atoms with Crippen LogP contribution < -0.4 is 5.32 Å². The van der Waals surface area contributed by atoms with Crippen molar-refractivity contribution in [2.24, 2.45) is 0 Å². The average molecular weight is 262 g/mol. The lowest BCUT2D eigenvalue weighted by atomic mass is 10.2. The van der Waals surface area contributed by atoms with Gasteiger partial charge in [-0.15, -0.1) is 0 Å². The standard InChI is InChI=1S/C14H18N2OS/c1-2-10-5-6-12-13(8-10)18-14(16-12)15-9-11-4-3-7-17-11/h5-6,8,11H,2-4,7,9H2,1H3,(H,15,16). The number of aromatic nitrogens is 1. The van der Waals surface area contributed by atoms with Crippen molar-refractivity contribution < 1.29 is 4.74 Å². The van der Waals surface area contributed by atoms with E-state index in [4.69, 9.17) is 4.74 Å². The summed E-state index contributed by atoms with van der Waals surface area (Å²) in [5.41, 5.74) is 2.46. The second kappa shape index (κ2) is 5.24. The van der Waals surface area contributed by atoms with E-state index in [1.54, 1.807) is 11.3 Å². The Balaban J connectivity index is 1.72. The van der Waals surface area contributed by atoms with Crippen LogP contribution in [-0.4, -0.2) is 24.2 Å². The highest BCUT2D eigenvalue weighted by atomic mass is 32.1. The zero-order chi connectivity index (χ0) is 12.4. The van der Waals surface area contributed by atoms with Crippen LogP contribution in [0.1, 0.15) is 25.3 Å². The molecule has 18 heavy (non-hydrogen) atoms. The Morgan fingerprint density at radius 2 is 2.44 bits per heavy atom. The lowest BCUT2D eigenvalue weighted by molar-refractivity contribution is 0.120. The van der Waals surface area contributed by atoms with Crippen LogP contribution >= 0.6 is 11.3 Å². The highest BCUT2D eigenvalue weighted by Gasteiger charge is 2.15. The summed E-state index contributed by atoms with van der Waals surface area (Å²) in [5, 5.41) is 4.40. The number of aryl methyl sites for hydroxylation is 1. The number of anilines is 1. The molecule has 2 heterocycles. The van der Waals surface area contributed by atoms with Crippen LogP contribution in [0.15, 0.2) is 18.2 Å². The number of thiazole rings is 1. The Morgan fingerprint density at radius 1 is 1.50 bits per heavy atom. The Labute approximate surface area is 111 Å². The van der Waals surface area contributed by atoms with Crippen molar-refractivity contribution in [2.75, 3.05) is 18.5 Å². The zero-order valence-corrected chi connectivity index (χ0v) is 11.4. The molecule has 0 bridgehead atoms. The van der Waals surface area contributed by atoms with E-state index in [0.717, 1.165) is 36.6 Å². The summed E-state index contributed by atoms with van der Waals surface area (Å²) in [6, 6.07) is 6.51. The second-order valence-corrected chi connectivity index (χ2v) is 5.72. The minimum absolute atomic E-state index is 0.364. The zero-order valence-electron chi connectivity index (χ0n) is 10.6. The van der Waals surface area contributed by atoms with Gasteiger partial charge in [-0.3, -0.25) is 0 Å². The molecule has 4 heteroatoms. The predicted molar refractivity (Wildman–Crippen MR) is 76.5 cm³/mol. The van der Waals surface area contributed by atoms with Gasteiger partial charge in [0.2, 0.25) is 0 Å². The van der Waals surface area contributed by atoms with Crippen LogP contribution in [0, 0.1) is 0 Å². The van der Waals surface area contributed by atoms with Gasteiger partial charge in [0.15, 0.2) is 5.13 Å². The van der Waals surface area contributed by atoms with Crippen LogP contribution in [0.4, 0.5) is 5.13 Å². The summed E-state index contributed by atoms with van der Waals surface area (Å²) in [5.74, 6) is 0. The molecule has 1 aromatic heterocycles. The first-order valence-electron chi connectivity index (χ1n) is 6.60. The normalized spacial score (nSPS) is 19.5. The topological polar surface area (TPSA) is 34.2 Å². The lowest BCUT2D eigenvalue weighted by Crippen LogP contribution is -2.18. The maximum absolute atomic E-state index is 5.60. The Kier molecular flexibility index (Phi) is 3.48. The van der Waals surface area contributed by atoms with Crippen molar-refractivity contribution in [3.63, 3.8) is 0 Å². The predicted octanol–water partition coefficient (Wildman–Crippen LogP) is 3.45. The highest BCUT2D eigenvalue weighted by Crippen LogP contribution is 2.27. The molecule has 1 N–H and O–H groups in total. The fraction of sp³-hybridized carbons (Fsp3) is 0.500. The third-order valence-electron chi connectivity index (χ3n) is 3.37. The minimum atomic E-state index is 0.364. The van der Waals surface area contributed by atoms with Gasteiger partial charge >= 0.3 is 0 Å². The number of benzene rings is 1. The molecule has 0 amide bonds. The summed E-state index contributed by atoms with van der Waals surface area (Å²) < 4.78 is 6.87. The third-order valence-corrected chi connectivity index (χ3v) is 4.34. The van der Waals surface area contributed by atoms with Gasteiger partial charge < -0.3 is 10.1 Å². The molecule has 0 saturated carbocycles. The molecule has 0 aliphatic carbocycles. The summed E-state index contributed by atoms with van der Waals surface area (Å²) in [6.07, 6.45) is 3.79. The average Bonchev–Trinajstić information content (AvgIpc) is 3.04. The first-order valence-corrected chi connectivity index (χ1v) is 7.42. The van der Waals surface area contributed by atoms with E-state index in [9.17, 15) is 0 Å². The van der Waals surface area contributed by atoms with Gasteiger partial charge in [-0.1, -0.05) is 24.3 Å². The largest absolute Gasteiger partial charge is 0.376 e. The third kappa shape index (κ3) is 2.49. The van der Waals surface area contributed by atoms with Crippen molar-refractivity contribution in [2.45, 2.75) is 32.3 Å². The van der Waals surface area contributed by atoms with E-state index in [1.807, 2.05) is 0 Å². The quantitative estimate of drug-likeness (QED) is 0.916. The molecule has 2 aromatic rings. The van der Waals surface area contributed by atoms with Gasteiger partial charge in [0.25, 0.3) is 0 Å². The first kappa shape index (κ1) is 11.9. The molecular formula is C14H18N2OS. The smallest absolute Gasteiger partial charge is 0.183 e. The number of nitrogens with one attached hydrogen (secondary N) is 1. The van der Waals surface area contributed by atoms with Gasteiger partial charge in [0.1, 0.15) is 0 Å².